The summed E-state index contributed by atoms with van der Waals surface area (Å²) in [6, 6.07) is 2.54. The van der Waals surface area contributed by atoms with Gasteiger partial charge in [0.25, 0.3) is 0 Å². The number of hydrogen-bond donors (Lipinski definition) is 1. The number of carboxylic acid groups (broad SMARTS) is 1. The van der Waals surface area contributed by atoms with Gasteiger partial charge in [-0.25, -0.2) is 9.78 Å². The lowest BCUT2D eigenvalue weighted by Crippen LogP contribution is -2.48. The molecule has 2 unspecified atom stereocenters. The van der Waals surface area contributed by atoms with Crippen molar-refractivity contribution in [1.82, 2.24) is 9.88 Å². The molecule has 1 N–H and O–H groups in total. The van der Waals surface area contributed by atoms with Crippen LogP contribution in [0.5, 0.6) is 5.75 Å². The van der Waals surface area contributed by atoms with Crippen molar-refractivity contribution in [3.63, 3.8) is 0 Å². The van der Waals surface area contributed by atoms with Gasteiger partial charge >= 0.3 is 12.3 Å². The van der Waals surface area contributed by atoms with Crippen LogP contribution in [0.15, 0.2) is 18.3 Å². The minimum absolute atomic E-state index is 0.0862. The van der Waals surface area contributed by atoms with Gasteiger partial charge in [0.1, 0.15) is 5.75 Å². The highest BCUT2D eigenvalue weighted by Gasteiger charge is 2.37. The number of rotatable bonds is 4. The Balaban J connectivity index is 2.08. The van der Waals surface area contributed by atoms with Gasteiger partial charge in [-0.05, 0) is 18.6 Å². The van der Waals surface area contributed by atoms with E-state index in [1.807, 2.05) is 0 Å². The van der Waals surface area contributed by atoms with Crippen LogP contribution in [0.25, 0.3) is 0 Å². The zero-order chi connectivity index (χ0) is 17.0. The van der Waals surface area contributed by atoms with E-state index in [4.69, 9.17) is 14.6 Å². The summed E-state index contributed by atoms with van der Waals surface area (Å²) < 4.78 is 49.2. The fraction of sp³-hybridized carbons (Fsp3) is 0.571. The summed E-state index contributed by atoms with van der Waals surface area (Å²) in [5.74, 6) is -0.728. The number of ether oxygens (including phenoxy) is 2. The average Bonchev–Trinajstić information content (AvgIpc) is 2.51. The van der Waals surface area contributed by atoms with Crippen molar-refractivity contribution in [3.05, 3.63) is 24.0 Å². The van der Waals surface area contributed by atoms with Gasteiger partial charge in [0, 0.05) is 32.3 Å². The number of amides is 1. The van der Waals surface area contributed by atoms with Gasteiger partial charge in [-0.1, -0.05) is 0 Å². The minimum atomic E-state index is -4.61. The topological polar surface area (TPSA) is 71.9 Å². The molecule has 6 nitrogen and oxygen atoms in total. The number of carbonyl (C=O) groups is 1. The third kappa shape index (κ3) is 4.25. The summed E-state index contributed by atoms with van der Waals surface area (Å²) in [6.45, 7) is 0.386. The Labute approximate surface area is 130 Å². The van der Waals surface area contributed by atoms with Gasteiger partial charge < -0.3 is 19.5 Å². The van der Waals surface area contributed by atoms with Crippen LogP contribution < -0.4 is 4.74 Å². The lowest BCUT2D eigenvalue weighted by Gasteiger charge is -2.36. The Bertz CT molecular complexity index is 553. The summed E-state index contributed by atoms with van der Waals surface area (Å²) in [6.07, 6.45) is -4.44. The predicted molar refractivity (Wildman–Crippen MR) is 73.2 cm³/mol. The Kier molecular flexibility index (Phi) is 5.30. The van der Waals surface area contributed by atoms with Crippen LogP contribution in [-0.4, -0.2) is 54.0 Å². The number of alkyl halides is 3. The largest absolute Gasteiger partial charge is 0.491 e. The number of likely N-dealkylation sites (tertiary alicyclic amines) is 1. The molecular formula is C14H17F3N2O4. The lowest BCUT2D eigenvalue weighted by molar-refractivity contribution is -0.142. The molecule has 1 aliphatic heterocycles. The molecule has 2 heterocycles. The van der Waals surface area contributed by atoms with E-state index in [9.17, 15) is 18.0 Å². The molecule has 9 heteroatoms. The molecule has 0 radical (unpaired) electrons. The molecule has 0 aliphatic carbocycles. The number of hydrogen-bond acceptors (Lipinski definition) is 4. The highest BCUT2D eigenvalue weighted by Crippen LogP contribution is 2.34. The molecule has 0 bridgehead atoms. The summed E-state index contributed by atoms with van der Waals surface area (Å²) in [7, 11) is 1.49. The van der Waals surface area contributed by atoms with Crippen LogP contribution in [-0.2, 0) is 10.9 Å². The maximum atomic E-state index is 12.9. The number of halogens is 3. The van der Waals surface area contributed by atoms with Crippen molar-refractivity contribution in [2.45, 2.75) is 18.7 Å². The van der Waals surface area contributed by atoms with E-state index in [1.165, 1.54) is 24.1 Å². The summed E-state index contributed by atoms with van der Waals surface area (Å²) in [4.78, 5) is 15.6. The molecule has 23 heavy (non-hydrogen) atoms. The molecule has 1 aromatic rings. The minimum Gasteiger partial charge on any atom is -0.491 e. The highest BCUT2D eigenvalue weighted by atomic mass is 19.4. The Hall–Kier alpha value is -2.03. The molecule has 1 saturated heterocycles. The first kappa shape index (κ1) is 17.3. The molecule has 0 spiro atoms. The first-order valence-corrected chi connectivity index (χ1v) is 6.98. The molecule has 0 saturated carbocycles. The molecule has 1 aliphatic rings. The van der Waals surface area contributed by atoms with Crippen molar-refractivity contribution in [1.29, 1.82) is 0 Å². The Morgan fingerprint density at radius 1 is 1.52 bits per heavy atom. The predicted octanol–water partition coefficient (Wildman–Crippen LogP) is 2.49. The van der Waals surface area contributed by atoms with Gasteiger partial charge in [0.2, 0.25) is 0 Å². The van der Waals surface area contributed by atoms with Crippen molar-refractivity contribution in [3.8, 4) is 5.75 Å². The Morgan fingerprint density at radius 2 is 2.26 bits per heavy atom. The van der Waals surface area contributed by atoms with Gasteiger partial charge in [-0.3, -0.25) is 0 Å². The fourth-order valence-electron chi connectivity index (χ4n) is 2.57. The van der Waals surface area contributed by atoms with Crippen LogP contribution in [0.1, 0.15) is 12.1 Å². The molecule has 2 rings (SSSR count). The molecule has 1 amide bonds. The van der Waals surface area contributed by atoms with Gasteiger partial charge in [-0.15, -0.1) is 0 Å². The van der Waals surface area contributed by atoms with Crippen LogP contribution in [0, 0.1) is 5.92 Å². The molecular weight excluding hydrogens is 317 g/mol. The SMILES string of the molecule is COC1CCN(C(=O)O)CC1COc1cccnc1C(F)(F)F. The molecule has 0 aromatic carbocycles. The normalized spacial score (nSPS) is 22.0. The van der Waals surface area contributed by atoms with Crippen LogP contribution in [0.2, 0.25) is 0 Å². The summed E-state index contributed by atoms with van der Waals surface area (Å²) >= 11 is 0. The first-order valence-electron chi connectivity index (χ1n) is 6.98. The van der Waals surface area contributed by atoms with Crippen LogP contribution in [0.4, 0.5) is 18.0 Å². The van der Waals surface area contributed by atoms with Crippen LogP contribution >= 0.6 is 0 Å². The number of nitrogens with zero attached hydrogens (tertiary/aromatic N) is 2. The smallest absolute Gasteiger partial charge is 0.437 e. The molecule has 1 aromatic heterocycles. The zero-order valence-corrected chi connectivity index (χ0v) is 12.4. The van der Waals surface area contributed by atoms with E-state index in [0.29, 0.717) is 13.0 Å². The van der Waals surface area contributed by atoms with Gasteiger partial charge in [0.05, 0.1) is 12.7 Å². The second-order valence-electron chi connectivity index (χ2n) is 5.21. The fourth-order valence-corrected chi connectivity index (χ4v) is 2.57. The maximum absolute atomic E-state index is 12.9. The van der Waals surface area contributed by atoms with Crippen molar-refractivity contribution in [2.24, 2.45) is 5.92 Å². The third-order valence-electron chi connectivity index (χ3n) is 3.73. The summed E-state index contributed by atoms with van der Waals surface area (Å²) in [5, 5.41) is 9.04. The number of aromatic nitrogens is 1. The van der Waals surface area contributed by atoms with Gasteiger partial charge in [0.15, 0.2) is 5.69 Å². The van der Waals surface area contributed by atoms with E-state index in [1.54, 1.807) is 0 Å². The standard InChI is InChI=1S/C14H17F3N2O4/c1-22-10-4-6-19(13(20)21)7-9(10)8-23-11-3-2-5-18-12(11)14(15,16)17/h2-3,5,9-10H,4,6-8H2,1H3,(H,20,21). The first-order chi connectivity index (χ1) is 10.8. The quantitative estimate of drug-likeness (QED) is 0.916. The molecule has 2 atom stereocenters. The van der Waals surface area contributed by atoms with E-state index < -0.39 is 18.0 Å². The van der Waals surface area contributed by atoms with E-state index in [2.05, 4.69) is 4.98 Å². The van der Waals surface area contributed by atoms with E-state index >= 15 is 0 Å². The molecule has 128 valence electrons. The van der Waals surface area contributed by atoms with E-state index in [-0.39, 0.29) is 30.9 Å². The zero-order valence-electron chi connectivity index (χ0n) is 12.4. The van der Waals surface area contributed by atoms with Crippen LogP contribution in [0.3, 0.4) is 0 Å². The number of methoxy groups -OCH3 is 1. The Morgan fingerprint density at radius 3 is 2.87 bits per heavy atom. The van der Waals surface area contributed by atoms with Crippen molar-refractivity contribution in [2.75, 3.05) is 26.8 Å². The monoisotopic (exact) mass is 334 g/mol. The van der Waals surface area contributed by atoms with E-state index in [0.717, 1.165) is 6.20 Å². The van der Waals surface area contributed by atoms with Crippen molar-refractivity contribution < 1.29 is 32.5 Å². The average molecular weight is 334 g/mol. The second-order valence-corrected chi connectivity index (χ2v) is 5.21. The maximum Gasteiger partial charge on any atom is 0.437 e. The lowest BCUT2D eigenvalue weighted by atomic mass is 9.95. The summed E-state index contributed by atoms with van der Waals surface area (Å²) in [5.41, 5.74) is -1.10. The van der Waals surface area contributed by atoms with Crippen molar-refractivity contribution >= 4 is 6.09 Å². The number of piperidine rings is 1. The third-order valence-corrected chi connectivity index (χ3v) is 3.73. The molecule has 1 fully saturated rings. The number of pyridine rings is 1. The highest BCUT2D eigenvalue weighted by molar-refractivity contribution is 5.65. The second kappa shape index (κ2) is 7.03. The van der Waals surface area contributed by atoms with Gasteiger partial charge in [-0.2, -0.15) is 13.2 Å².